The minimum Gasteiger partial charge on any atom is -0.354 e. The number of halogens is 2. The molecule has 0 radical (unpaired) electrons. The van der Waals surface area contributed by atoms with Gasteiger partial charge in [-0.25, -0.2) is 0 Å². The zero-order valence-electron chi connectivity index (χ0n) is 28.4. The largest absolute Gasteiger partial charge is 0.354 e. The Bertz CT molecular complexity index is 3230. The first kappa shape index (κ1) is 30.8. The quantitative estimate of drug-likeness (QED) is 0.175. The molecule has 9 aromatic rings. The van der Waals surface area contributed by atoms with Gasteiger partial charge in [-0.2, -0.15) is 0 Å². The third-order valence-electron chi connectivity index (χ3n) is 11.0. The first-order valence-corrected chi connectivity index (χ1v) is 23.2. The summed E-state index contributed by atoms with van der Waals surface area (Å²) in [6.07, 6.45) is 9.42. The second-order valence-corrected chi connectivity index (χ2v) is 22.8. The van der Waals surface area contributed by atoms with E-state index >= 15 is 0 Å². The van der Waals surface area contributed by atoms with Crippen LogP contribution < -0.4 is 0 Å². The Morgan fingerprint density at radius 2 is 1.28 bits per heavy atom. The maximum atomic E-state index is 3.89. The molecule has 4 heterocycles. The highest BCUT2D eigenvalue weighted by Gasteiger charge is 2.37. The normalized spacial score (nSPS) is 18.4. The molecular weight excluding hydrogens is 890 g/mol. The number of hydrogen-bond acceptors (Lipinski definition) is 1. The number of thioether (sulfide) groups is 1. The van der Waals surface area contributed by atoms with E-state index in [0.717, 1.165) is 0 Å². The molecule has 2 unspecified atom stereocenters. The molecule has 7 aromatic carbocycles. The third-order valence-corrected chi connectivity index (χ3v) is 21.6. The van der Waals surface area contributed by atoms with Crippen LogP contribution in [0.25, 0.3) is 70.8 Å². The maximum absolute atomic E-state index is 3.89. The smallest absolute Gasteiger partial charge is 0.0547 e. The van der Waals surface area contributed by atoms with Gasteiger partial charge in [0.1, 0.15) is 0 Å². The van der Waals surface area contributed by atoms with E-state index in [1.165, 1.54) is 82.0 Å². The SMILES string of the molecule is C1=CC2SC3=C(I=C(c4ccc5c(c4)[nH]c4cc(-n6c7ccccc7c7c8ccccc8ccc76)ccc45)I=C3c3ccc4ccccc4c3)C2C=C1. The fraction of sp³-hybridized carbons (Fsp3) is 0.0417. The molecule has 53 heavy (non-hydrogen) atoms. The Kier molecular flexibility index (Phi) is 6.97. The Morgan fingerprint density at radius 1 is 0.547 bits per heavy atom. The average molecular weight is 921 g/mol. The van der Waals surface area contributed by atoms with Crippen LogP contribution in [0.4, 0.5) is 0 Å². The molecule has 0 saturated heterocycles. The summed E-state index contributed by atoms with van der Waals surface area (Å²) in [5.74, 6) is 0.525. The number of fused-ring (bicyclic) bond motifs is 11. The van der Waals surface area contributed by atoms with Crippen molar-refractivity contribution < 1.29 is 0 Å². The van der Waals surface area contributed by atoms with E-state index in [1.54, 1.807) is 13.5 Å². The third kappa shape index (κ3) is 4.76. The van der Waals surface area contributed by atoms with Crippen LogP contribution in [0.5, 0.6) is 0 Å². The van der Waals surface area contributed by atoms with Crippen molar-refractivity contribution in [3.63, 3.8) is 0 Å². The summed E-state index contributed by atoms with van der Waals surface area (Å²) in [5.41, 5.74) is 8.93. The number of nitrogens with one attached hydrogen (secondary N) is 1. The molecule has 2 atom stereocenters. The zero-order valence-corrected chi connectivity index (χ0v) is 33.5. The van der Waals surface area contributed by atoms with Gasteiger partial charge in [0, 0.05) is 62.9 Å². The van der Waals surface area contributed by atoms with Crippen molar-refractivity contribution in [2.45, 2.75) is 5.25 Å². The molecule has 1 aliphatic carbocycles. The van der Waals surface area contributed by atoms with Crippen LogP contribution >= 0.6 is 53.2 Å². The van der Waals surface area contributed by atoms with Crippen LogP contribution in [0.2, 0.25) is 0 Å². The van der Waals surface area contributed by atoms with Crippen LogP contribution in [-0.4, -0.2) is 19.8 Å². The summed E-state index contributed by atoms with van der Waals surface area (Å²) >= 11 is 1.58. The predicted octanol–water partition coefficient (Wildman–Crippen LogP) is 13.4. The summed E-state index contributed by atoms with van der Waals surface area (Å²) in [5, 5.41) is 10.9. The second kappa shape index (κ2) is 12.0. The summed E-state index contributed by atoms with van der Waals surface area (Å²) in [6.45, 7) is 0. The number of benzene rings is 7. The van der Waals surface area contributed by atoms with Gasteiger partial charge in [-0.15, -0.1) is 11.8 Å². The maximum Gasteiger partial charge on any atom is 0.0547 e. The standard InChI is InChI=1S/C48H30I2N2S/c1-2-11-30-25-31(18-17-28(30)9-1)45-47-46(38-14-6-8-16-43(38)53-47)50-48(49-45)32-19-22-35-36-23-21-33(27-40(36)51-39(35)26-32)52-41-15-7-5-13-37(41)44-34-12-4-3-10-29(34)20-24-42(44)52/h1-27,38,43,51H. The second-order valence-electron chi connectivity index (χ2n) is 14.0. The predicted molar refractivity (Wildman–Crippen MR) is 248 cm³/mol. The number of aromatic nitrogens is 2. The van der Waals surface area contributed by atoms with Crippen molar-refractivity contribution in [3.05, 3.63) is 183 Å². The Labute approximate surface area is 330 Å². The zero-order chi connectivity index (χ0) is 34.6. The van der Waals surface area contributed by atoms with Gasteiger partial charge in [-0.1, -0.05) is 169 Å². The highest BCUT2D eigenvalue weighted by atomic mass is 127. The fourth-order valence-electron chi connectivity index (χ4n) is 8.56. The summed E-state index contributed by atoms with van der Waals surface area (Å²) in [6, 6.07) is 52.4. The van der Waals surface area contributed by atoms with E-state index in [2.05, 4.69) is 185 Å². The van der Waals surface area contributed by atoms with E-state index in [0.29, 0.717) is 11.2 Å². The number of para-hydroxylation sites is 1. The Morgan fingerprint density at radius 3 is 2.21 bits per heavy atom. The van der Waals surface area contributed by atoms with E-state index in [1.807, 2.05) is 0 Å². The van der Waals surface area contributed by atoms with Crippen LogP contribution in [0.3, 0.4) is 0 Å². The molecule has 2 aliphatic heterocycles. The lowest BCUT2D eigenvalue weighted by Crippen LogP contribution is -2.10. The number of H-pyrrole nitrogens is 1. The van der Waals surface area contributed by atoms with E-state index < -0.39 is 0 Å². The number of nitrogens with zero attached hydrogens (tertiary/aromatic N) is 1. The van der Waals surface area contributed by atoms with Crippen molar-refractivity contribution >= 4 is 123 Å². The van der Waals surface area contributed by atoms with Crippen LogP contribution in [0.15, 0.2) is 172 Å². The van der Waals surface area contributed by atoms with Crippen molar-refractivity contribution in [2.75, 3.05) is 0 Å². The molecule has 0 spiro atoms. The monoisotopic (exact) mass is 920 g/mol. The molecule has 1 N–H and O–H groups in total. The Balaban J connectivity index is 0.999. The summed E-state index contributed by atoms with van der Waals surface area (Å²) in [4.78, 5) is 5.51. The van der Waals surface area contributed by atoms with Gasteiger partial charge in [0.2, 0.25) is 0 Å². The summed E-state index contributed by atoms with van der Waals surface area (Å²) < 4.78 is 7.51. The average Bonchev–Trinajstić information content (AvgIpc) is 3.89. The molecule has 3 aliphatic rings. The van der Waals surface area contributed by atoms with Gasteiger partial charge in [0.05, 0.1) is 11.0 Å². The van der Waals surface area contributed by atoms with Crippen LogP contribution in [0, 0.1) is 5.92 Å². The lowest BCUT2D eigenvalue weighted by molar-refractivity contribution is 0.850. The van der Waals surface area contributed by atoms with Gasteiger partial charge >= 0.3 is 0 Å². The molecule has 2 nitrogen and oxygen atoms in total. The number of hydrogen-bond donors (Lipinski definition) is 1. The van der Waals surface area contributed by atoms with Gasteiger partial charge in [0.15, 0.2) is 0 Å². The first-order chi connectivity index (χ1) is 26.2. The van der Waals surface area contributed by atoms with Gasteiger partial charge < -0.3 is 9.55 Å². The molecule has 5 heteroatoms. The highest BCUT2D eigenvalue weighted by molar-refractivity contribution is 14.3. The van der Waals surface area contributed by atoms with E-state index in [4.69, 9.17) is 0 Å². The minimum absolute atomic E-state index is 0.232. The van der Waals surface area contributed by atoms with Crippen molar-refractivity contribution in [1.82, 2.24) is 9.55 Å². The highest BCUT2D eigenvalue weighted by Crippen LogP contribution is 2.55. The number of rotatable bonds is 3. The first-order valence-electron chi connectivity index (χ1n) is 18.0. The Hall–Kier alpha value is -4.57. The lowest BCUT2D eigenvalue weighted by Gasteiger charge is -2.18. The lowest BCUT2D eigenvalue weighted by atomic mass is 9.99. The topological polar surface area (TPSA) is 20.7 Å². The van der Waals surface area contributed by atoms with Crippen molar-refractivity contribution in [2.24, 2.45) is 5.92 Å². The van der Waals surface area contributed by atoms with Gasteiger partial charge in [-0.3, -0.25) is 0 Å². The molecule has 0 fully saturated rings. The van der Waals surface area contributed by atoms with E-state index in [9.17, 15) is 0 Å². The minimum atomic E-state index is -0.315. The molecule has 0 bridgehead atoms. The van der Waals surface area contributed by atoms with Crippen molar-refractivity contribution in [3.8, 4) is 5.69 Å². The van der Waals surface area contributed by atoms with Crippen LogP contribution in [-0.2, 0) is 0 Å². The van der Waals surface area contributed by atoms with Gasteiger partial charge in [-0.05, 0) is 69.1 Å². The molecule has 0 saturated carbocycles. The molecule has 0 amide bonds. The number of allylic oxidation sites excluding steroid dienone is 5. The van der Waals surface area contributed by atoms with Crippen LogP contribution in [0.1, 0.15) is 11.1 Å². The fourth-order valence-corrected chi connectivity index (χ4v) is 20.4. The molecule has 2 aromatic heterocycles. The number of aromatic amines is 1. The summed E-state index contributed by atoms with van der Waals surface area (Å²) in [7, 11) is 0. The molecule has 12 rings (SSSR count). The van der Waals surface area contributed by atoms with Crippen molar-refractivity contribution in [1.29, 1.82) is 0 Å². The van der Waals surface area contributed by atoms with E-state index in [-0.39, 0.29) is 41.5 Å². The molecular formula is C48H30I2N2S. The van der Waals surface area contributed by atoms with Gasteiger partial charge in [0.25, 0.3) is 0 Å². The molecule has 252 valence electrons.